The van der Waals surface area contributed by atoms with Gasteiger partial charge in [0, 0.05) is 17.5 Å². The fraction of sp³-hybridized carbons (Fsp3) is 0.444. The van der Waals surface area contributed by atoms with Crippen molar-refractivity contribution in [1.29, 1.82) is 0 Å². The first-order valence-electron chi connectivity index (χ1n) is 8.58. The summed E-state index contributed by atoms with van der Waals surface area (Å²) in [5, 5.41) is 4.16. The minimum atomic E-state index is -3.79. The smallest absolute Gasteiger partial charge is 0.183 e. The van der Waals surface area contributed by atoms with Gasteiger partial charge in [-0.1, -0.05) is 6.07 Å². The lowest BCUT2D eigenvalue weighted by atomic mass is 10.2. The van der Waals surface area contributed by atoms with Crippen LogP contribution in [0.15, 0.2) is 40.6 Å². The second-order valence-electron chi connectivity index (χ2n) is 6.68. The Morgan fingerprint density at radius 3 is 2.67 bits per heavy atom. The molecule has 0 amide bonds. The monoisotopic (exact) mass is 429 g/mol. The van der Waals surface area contributed by atoms with Gasteiger partial charge in [-0.3, -0.25) is 0 Å². The summed E-state index contributed by atoms with van der Waals surface area (Å²) in [6, 6.07) is 7.98. The molecule has 9 heteroatoms. The second-order valence-corrected chi connectivity index (χ2v) is 12.0. The molecule has 2 aromatic rings. The number of methoxy groups -OCH3 is 1. The third-order valence-electron chi connectivity index (χ3n) is 4.75. The van der Waals surface area contributed by atoms with E-state index in [0.29, 0.717) is 17.9 Å². The fourth-order valence-corrected chi connectivity index (χ4v) is 8.86. The van der Waals surface area contributed by atoms with Crippen molar-refractivity contribution in [2.75, 3.05) is 25.2 Å². The van der Waals surface area contributed by atoms with E-state index in [1.807, 2.05) is 17.5 Å². The number of nitrogens with one attached hydrogen (secondary N) is 1. The molecule has 0 saturated carbocycles. The Balaban J connectivity index is 1.81. The van der Waals surface area contributed by atoms with Gasteiger partial charge in [0.1, 0.15) is 5.75 Å². The predicted octanol–water partition coefficient (Wildman–Crippen LogP) is 1.84. The summed E-state index contributed by atoms with van der Waals surface area (Å²) in [7, 11) is -5.67. The number of rotatable bonds is 7. The minimum Gasteiger partial charge on any atom is -0.496 e. The number of hydrogen-bond acceptors (Lipinski definition) is 7. The van der Waals surface area contributed by atoms with Gasteiger partial charge in [-0.2, -0.15) is 0 Å². The van der Waals surface area contributed by atoms with Crippen LogP contribution in [-0.4, -0.2) is 53.3 Å². The van der Waals surface area contributed by atoms with E-state index < -0.39 is 31.0 Å². The first kappa shape index (κ1) is 20.3. The number of sulfone groups is 2. The maximum absolute atomic E-state index is 13.1. The highest BCUT2D eigenvalue weighted by molar-refractivity contribution is 7.96. The van der Waals surface area contributed by atoms with Crippen molar-refractivity contribution < 1.29 is 21.6 Å². The number of ether oxygens (including phenoxy) is 1. The minimum absolute atomic E-state index is 0.132. The third-order valence-corrected chi connectivity index (χ3v) is 9.84. The van der Waals surface area contributed by atoms with Gasteiger partial charge in [-0.05, 0) is 48.6 Å². The zero-order valence-electron chi connectivity index (χ0n) is 15.2. The van der Waals surface area contributed by atoms with Gasteiger partial charge in [0.2, 0.25) is 0 Å². The van der Waals surface area contributed by atoms with Gasteiger partial charge in [0.25, 0.3) is 0 Å². The molecule has 2 heterocycles. The Kier molecular flexibility index (Phi) is 5.95. The Hall–Kier alpha value is -1.42. The lowest BCUT2D eigenvalue weighted by molar-refractivity contribution is 0.411. The van der Waals surface area contributed by atoms with Crippen molar-refractivity contribution in [3.63, 3.8) is 0 Å². The standard InChI is InChI=1S/C18H23NO5S3/c1-13-10-15(5-6-17(13)24-2)27(22,23)18-12-26(20,21)11-16(18)19-8-7-14-4-3-9-25-14/h3-6,9-10,16,18-19H,7-8,11-12H2,1-2H3/t16-,18+/m1/s1. The zero-order valence-corrected chi connectivity index (χ0v) is 17.7. The van der Waals surface area contributed by atoms with Crippen molar-refractivity contribution in [2.45, 2.75) is 29.5 Å². The van der Waals surface area contributed by atoms with E-state index in [1.54, 1.807) is 30.4 Å². The molecule has 0 bridgehead atoms. The molecule has 0 unspecified atom stereocenters. The number of thiophene rings is 1. The molecule has 1 fully saturated rings. The number of hydrogen-bond donors (Lipinski definition) is 1. The largest absolute Gasteiger partial charge is 0.496 e. The van der Waals surface area contributed by atoms with Crippen LogP contribution >= 0.6 is 11.3 Å². The van der Waals surface area contributed by atoms with Gasteiger partial charge in [-0.25, -0.2) is 16.8 Å². The first-order valence-corrected chi connectivity index (χ1v) is 12.8. The lowest BCUT2D eigenvalue weighted by Gasteiger charge is -2.20. The summed E-state index contributed by atoms with van der Waals surface area (Å²) in [5.74, 6) is 0.0895. The van der Waals surface area contributed by atoms with Gasteiger partial charge in [0.15, 0.2) is 19.7 Å². The van der Waals surface area contributed by atoms with Gasteiger partial charge < -0.3 is 10.1 Å². The molecule has 0 spiro atoms. The summed E-state index contributed by atoms with van der Waals surface area (Å²) < 4.78 is 55.8. The van der Waals surface area contributed by atoms with Crippen LogP contribution in [0.1, 0.15) is 10.4 Å². The van der Waals surface area contributed by atoms with E-state index in [-0.39, 0.29) is 16.4 Å². The molecule has 1 aromatic heterocycles. The predicted molar refractivity (Wildman–Crippen MR) is 107 cm³/mol. The van der Waals surface area contributed by atoms with E-state index in [1.165, 1.54) is 18.1 Å². The highest BCUT2D eigenvalue weighted by atomic mass is 32.2. The van der Waals surface area contributed by atoms with Crippen LogP contribution in [0.3, 0.4) is 0 Å². The Morgan fingerprint density at radius 2 is 2.04 bits per heavy atom. The topological polar surface area (TPSA) is 89.5 Å². The van der Waals surface area contributed by atoms with Crippen LogP contribution in [0.25, 0.3) is 0 Å². The van der Waals surface area contributed by atoms with E-state index in [0.717, 1.165) is 6.42 Å². The van der Waals surface area contributed by atoms with Crippen LogP contribution < -0.4 is 10.1 Å². The molecule has 1 aliphatic rings. The Labute approximate surface area is 164 Å². The molecule has 0 aliphatic carbocycles. The van der Waals surface area contributed by atoms with E-state index in [9.17, 15) is 16.8 Å². The highest BCUT2D eigenvalue weighted by Gasteiger charge is 2.45. The summed E-state index contributed by atoms with van der Waals surface area (Å²) in [5.41, 5.74) is 0.696. The highest BCUT2D eigenvalue weighted by Crippen LogP contribution is 2.29. The Morgan fingerprint density at radius 1 is 1.26 bits per heavy atom. The van der Waals surface area contributed by atoms with Crippen molar-refractivity contribution in [2.24, 2.45) is 0 Å². The molecular weight excluding hydrogens is 406 g/mol. The molecule has 1 aliphatic heterocycles. The molecule has 148 valence electrons. The molecule has 27 heavy (non-hydrogen) atoms. The second kappa shape index (κ2) is 7.90. The SMILES string of the molecule is COc1ccc(S(=O)(=O)[C@H]2CS(=O)(=O)C[C@H]2NCCc2cccs2)cc1C. The summed E-state index contributed by atoms with van der Waals surface area (Å²) in [6.07, 6.45) is 0.739. The Bertz CT molecular complexity index is 998. The molecule has 0 radical (unpaired) electrons. The maximum Gasteiger partial charge on any atom is 0.183 e. The van der Waals surface area contributed by atoms with Crippen LogP contribution in [0.5, 0.6) is 5.75 Å². The van der Waals surface area contributed by atoms with Crippen LogP contribution in [0.4, 0.5) is 0 Å². The van der Waals surface area contributed by atoms with Crippen molar-refractivity contribution in [3.8, 4) is 5.75 Å². The summed E-state index contributed by atoms with van der Waals surface area (Å²) >= 11 is 1.63. The van der Waals surface area contributed by atoms with E-state index in [2.05, 4.69) is 5.32 Å². The molecule has 1 N–H and O–H groups in total. The average Bonchev–Trinajstić information content (AvgIpc) is 3.22. The van der Waals surface area contributed by atoms with Gasteiger partial charge in [0.05, 0.1) is 28.8 Å². The van der Waals surface area contributed by atoms with Crippen LogP contribution in [-0.2, 0) is 26.1 Å². The van der Waals surface area contributed by atoms with E-state index in [4.69, 9.17) is 4.74 Å². The van der Waals surface area contributed by atoms with E-state index >= 15 is 0 Å². The maximum atomic E-state index is 13.1. The zero-order chi connectivity index (χ0) is 19.7. The molecule has 1 aromatic carbocycles. The molecule has 1 saturated heterocycles. The summed E-state index contributed by atoms with van der Waals surface area (Å²) in [4.78, 5) is 1.31. The van der Waals surface area contributed by atoms with Gasteiger partial charge in [-0.15, -0.1) is 11.3 Å². The molecule has 6 nitrogen and oxygen atoms in total. The number of benzene rings is 1. The fourth-order valence-electron chi connectivity index (χ4n) is 3.35. The third kappa shape index (κ3) is 4.53. The molecule has 3 rings (SSSR count). The first-order chi connectivity index (χ1) is 12.7. The van der Waals surface area contributed by atoms with Crippen molar-refractivity contribution in [1.82, 2.24) is 5.32 Å². The van der Waals surface area contributed by atoms with Gasteiger partial charge >= 0.3 is 0 Å². The lowest BCUT2D eigenvalue weighted by Crippen LogP contribution is -2.44. The summed E-state index contributed by atoms with van der Waals surface area (Å²) in [6.45, 7) is 2.30. The quantitative estimate of drug-likeness (QED) is 0.722. The number of aryl methyl sites for hydroxylation is 1. The van der Waals surface area contributed by atoms with Crippen molar-refractivity contribution in [3.05, 3.63) is 46.2 Å². The van der Waals surface area contributed by atoms with Crippen LogP contribution in [0.2, 0.25) is 0 Å². The normalized spacial score (nSPS) is 22.0. The van der Waals surface area contributed by atoms with Crippen LogP contribution in [0, 0.1) is 6.92 Å². The molecular formula is C18H23NO5S3. The molecule has 2 atom stereocenters. The average molecular weight is 430 g/mol. The van der Waals surface area contributed by atoms with Crippen molar-refractivity contribution >= 4 is 31.0 Å².